The van der Waals surface area contributed by atoms with Gasteiger partial charge in [0.1, 0.15) is 5.52 Å². The monoisotopic (exact) mass is 463 g/mol. The second-order valence-electron chi connectivity index (χ2n) is 8.01. The molecule has 4 aromatic rings. The van der Waals surface area contributed by atoms with Crippen LogP contribution in [-0.4, -0.2) is 25.7 Å². The van der Waals surface area contributed by atoms with Gasteiger partial charge in [0.15, 0.2) is 0 Å². The van der Waals surface area contributed by atoms with Gasteiger partial charge < -0.3 is 5.11 Å². The lowest BCUT2D eigenvalue weighted by atomic mass is 9.92. The zero-order valence-electron chi connectivity index (χ0n) is 16.5. The Kier molecular flexibility index (Phi) is 5.13. The summed E-state index contributed by atoms with van der Waals surface area (Å²) in [5.74, 6) is 0. The maximum Gasteiger partial charge on any atom is 0.261 e. The summed E-state index contributed by atoms with van der Waals surface area (Å²) >= 11 is 3.48. The van der Waals surface area contributed by atoms with Crippen LogP contribution in [-0.2, 0) is 6.42 Å². The van der Waals surface area contributed by atoms with Crippen LogP contribution >= 0.6 is 15.9 Å². The number of rotatable bonds is 3. The van der Waals surface area contributed by atoms with E-state index >= 15 is 0 Å². The number of aliphatic hydroxyl groups is 1. The summed E-state index contributed by atoms with van der Waals surface area (Å²) in [5, 5.41) is 12.0. The van der Waals surface area contributed by atoms with Crippen LogP contribution < -0.4 is 5.56 Å². The van der Waals surface area contributed by atoms with Gasteiger partial charge in [0.05, 0.1) is 29.4 Å². The average Bonchev–Trinajstić information content (AvgIpc) is 2.77. The van der Waals surface area contributed by atoms with Crippen LogP contribution in [0.2, 0.25) is 0 Å². The molecule has 0 radical (unpaired) electrons. The van der Waals surface area contributed by atoms with Crippen molar-refractivity contribution in [2.75, 3.05) is 0 Å². The van der Waals surface area contributed by atoms with Crippen molar-refractivity contribution < 1.29 is 5.11 Å². The minimum atomic E-state index is -0.503. The summed E-state index contributed by atoms with van der Waals surface area (Å²) in [6.45, 7) is 0. The van der Waals surface area contributed by atoms with Crippen molar-refractivity contribution >= 4 is 37.7 Å². The molecule has 0 aliphatic heterocycles. The van der Waals surface area contributed by atoms with Crippen LogP contribution in [0.3, 0.4) is 0 Å². The number of pyridine rings is 1. The lowest BCUT2D eigenvalue weighted by molar-refractivity contribution is 0.0735. The predicted molar refractivity (Wildman–Crippen MR) is 122 cm³/mol. The highest BCUT2D eigenvalue weighted by atomic mass is 79.9. The van der Waals surface area contributed by atoms with Gasteiger partial charge in [-0.3, -0.25) is 14.3 Å². The van der Waals surface area contributed by atoms with Crippen molar-refractivity contribution in [3.63, 3.8) is 0 Å². The number of benzene rings is 2. The maximum atomic E-state index is 13.4. The van der Waals surface area contributed by atoms with E-state index < -0.39 is 6.10 Å². The lowest BCUT2D eigenvalue weighted by Crippen LogP contribution is -2.34. The van der Waals surface area contributed by atoms with Gasteiger partial charge in [-0.05, 0) is 54.7 Å². The summed E-state index contributed by atoms with van der Waals surface area (Å²) in [6, 6.07) is 13.9. The number of hydrogen-bond donors (Lipinski definition) is 1. The largest absolute Gasteiger partial charge is 0.391 e. The van der Waals surface area contributed by atoms with Crippen LogP contribution in [0.5, 0.6) is 0 Å². The Balaban J connectivity index is 1.70. The second-order valence-corrected chi connectivity index (χ2v) is 8.93. The molecule has 0 unspecified atom stereocenters. The van der Waals surface area contributed by atoms with Crippen LogP contribution in [0.25, 0.3) is 21.8 Å². The number of aromatic nitrogens is 3. The first-order valence-electron chi connectivity index (χ1n) is 10.3. The van der Waals surface area contributed by atoms with E-state index in [2.05, 4.69) is 38.0 Å². The smallest absolute Gasteiger partial charge is 0.261 e. The normalized spacial score (nSPS) is 19.4. The van der Waals surface area contributed by atoms with E-state index in [4.69, 9.17) is 0 Å². The molecule has 1 saturated carbocycles. The summed E-state index contributed by atoms with van der Waals surface area (Å²) in [6.07, 6.45) is 7.06. The standard InChI is InChI=1S/C24H22BrN3O2/c25-17-9-7-15(8-10-17)12-16-13-19-23(22-18(16)4-3-11-26-22)27-14-28(24(19)30)20-5-1-2-6-21(20)29/h3-4,7-11,13-14,20-21,29H,1-2,5-6,12H2/t20-,21-/m0/s1. The Morgan fingerprint density at radius 3 is 2.60 bits per heavy atom. The molecule has 1 fully saturated rings. The van der Waals surface area contributed by atoms with Gasteiger partial charge in [0.2, 0.25) is 0 Å². The quantitative estimate of drug-likeness (QED) is 0.444. The SMILES string of the molecule is O=c1c2cc(Cc3ccc(Br)cc3)c3cccnc3c2ncn1[C@H]1CCCC[C@@H]1O. The van der Waals surface area contributed by atoms with Gasteiger partial charge in [-0.1, -0.05) is 47.0 Å². The number of nitrogens with zero attached hydrogens (tertiary/aromatic N) is 3. The molecule has 2 aromatic carbocycles. The molecule has 1 aliphatic rings. The fraction of sp³-hybridized carbons (Fsp3) is 0.292. The number of hydrogen-bond acceptors (Lipinski definition) is 4. The molecule has 1 N–H and O–H groups in total. The van der Waals surface area contributed by atoms with Crippen molar-refractivity contribution in [2.24, 2.45) is 0 Å². The minimum Gasteiger partial charge on any atom is -0.391 e. The van der Waals surface area contributed by atoms with Crippen LogP contribution in [0.1, 0.15) is 42.9 Å². The van der Waals surface area contributed by atoms with Gasteiger partial charge in [-0.2, -0.15) is 0 Å². The van der Waals surface area contributed by atoms with Gasteiger partial charge in [0, 0.05) is 16.1 Å². The van der Waals surface area contributed by atoms with Gasteiger partial charge in [-0.25, -0.2) is 4.98 Å². The maximum absolute atomic E-state index is 13.4. The highest BCUT2D eigenvalue weighted by Gasteiger charge is 2.26. The number of fused-ring (bicyclic) bond motifs is 3. The summed E-state index contributed by atoms with van der Waals surface area (Å²) in [7, 11) is 0. The zero-order valence-corrected chi connectivity index (χ0v) is 18.0. The van der Waals surface area contributed by atoms with Crippen molar-refractivity contribution in [1.82, 2.24) is 14.5 Å². The van der Waals surface area contributed by atoms with Crippen LogP contribution in [0.15, 0.2) is 64.3 Å². The third-order valence-corrected chi connectivity index (χ3v) is 6.62. The summed E-state index contributed by atoms with van der Waals surface area (Å²) in [4.78, 5) is 22.6. The van der Waals surface area contributed by atoms with E-state index in [0.29, 0.717) is 17.3 Å². The van der Waals surface area contributed by atoms with Crippen molar-refractivity contribution in [3.05, 3.63) is 80.9 Å². The fourth-order valence-electron chi connectivity index (χ4n) is 4.53. The molecule has 0 amide bonds. The third-order valence-electron chi connectivity index (χ3n) is 6.09. The Bertz CT molecular complexity index is 1280. The highest BCUT2D eigenvalue weighted by Crippen LogP contribution is 2.30. The van der Waals surface area contributed by atoms with E-state index in [1.807, 2.05) is 30.3 Å². The molecule has 0 bridgehead atoms. The van der Waals surface area contributed by atoms with Crippen LogP contribution in [0, 0.1) is 0 Å². The summed E-state index contributed by atoms with van der Waals surface area (Å²) < 4.78 is 2.67. The van der Waals surface area contributed by atoms with E-state index in [9.17, 15) is 9.90 Å². The molecule has 1 aliphatic carbocycles. The van der Waals surface area contributed by atoms with Gasteiger partial charge in [-0.15, -0.1) is 0 Å². The second kappa shape index (κ2) is 7.93. The number of halogens is 1. The zero-order chi connectivity index (χ0) is 20.7. The fourth-order valence-corrected chi connectivity index (χ4v) is 4.79. The van der Waals surface area contributed by atoms with Crippen LogP contribution in [0.4, 0.5) is 0 Å². The molecule has 30 heavy (non-hydrogen) atoms. The van der Waals surface area contributed by atoms with Crippen molar-refractivity contribution in [3.8, 4) is 0 Å². The summed E-state index contributed by atoms with van der Waals surface area (Å²) in [5.41, 5.74) is 3.48. The van der Waals surface area contributed by atoms with E-state index in [1.54, 1.807) is 17.1 Å². The first-order valence-corrected chi connectivity index (χ1v) is 11.1. The molecule has 152 valence electrons. The van der Waals surface area contributed by atoms with Crippen molar-refractivity contribution in [2.45, 2.75) is 44.2 Å². The van der Waals surface area contributed by atoms with Gasteiger partial charge in [0.25, 0.3) is 5.56 Å². The first-order chi connectivity index (χ1) is 14.6. The molecule has 0 saturated heterocycles. The molecule has 0 spiro atoms. The van der Waals surface area contributed by atoms with Gasteiger partial charge >= 0.3 is 0 Å². The van der Waals surface area contributed by atoms with Crippen molar-refractivity contribution in [1.29, 1.82) is 0 Å². The lowest BCUT2D eigenvalue weighted by Gasteiger charge is -2.29. The third kappa shape index (κ3) is 3.44. The minimum absolute atomic E-state index is 0.101. The number of aliphatic hydroxyl groups excluding tert-OH is 1. The van der Waals surface area contributed by atoms with E-state index in [1.165, 1.54) is 0 Å². The Hall–Kier alpha value is -2.57. The molecule has 6 heteroatoms. The average molecular weight is 464 g/mol. The Labute approximate surface area is 182 Å². The Morgan fingerprint density at radius 1 is 1.03 bits per heavy atom. The predicted octanol–water partition coefficient (Wildman–Crippen LogP) is 4.77. The Morgan fingerprint density at radius 2 is 1.80 bits per heavy atom. The molecular weight excluding hydrogens is 442 g/mol. The van der Waals surface area contributed by atoms with E-state index in [0.717, 1.165) is 52.2 Å². The first kappa shape index (κ1) is 19.4. The molecule has 2 atom stereocenters. The molecule has 2 aromatic heterocycles. The molecule has 2 heterocycles. The molecule has 5 nitrogen and oxygen atoms in total. The topological polar surface area (TPSA) is 68.0 Å². The van der Waals surface area contributed by atoms with E-state index in [-0.39, 0.29) is 11.6 Å². The molecular formula is C24H22BrN3O2. The molecule has 5 rings (SSSR count). The highest BCUT2D eigenvalue weighted by molar-refractivity contribution is 9.10.